The van der Waals surface area contributed by atoms with Crippen molar-refractivity contribution in [1.29, 1.82) is 0 Å². The first kappa shape index (κ1) is 11.8. The lowest BCUT2D eigenvalue weighted by Crippen LogP contribution is -2.07. The molecule has 3 rings (SSSR count). The molecule has 0 spiro atoms. The fourth-order valence-electron chi connectivity index (χ4n) is 2.20. The summed E-state index contributed by atoms with van der Waals surface area (Å²) in [5, 5.41) is 1.15. The van der Waals surface area contributed by atoms with Crippen molar-refractivity contribution in [2.45, 2.75) is 6.92 Å². The zero-order valence-corrected chi connectivity index (χ0v) is 11.5. The molecule has 2 heteroatoms. The van der Waals surface area contributed by atoms with Crippen LogP contribution < -0.4 is 4.90 Å². The number of hydrogen-bond acceptors (Lipinski definition) is 2. The van der Waals surface area contributed by atoms with Crippen molar-refractivity contribution in [2.24, 2.45) is 0 Å². The summed E-state index contributed by atoms with van der Waals surface area (Å²) >= 11 is 0. The second-order valence-electron chi connectivity index (χ2n) is 5.09. The minimum absolute atomic E-state index is 0.922. The molecule has 0 atom stereocenters. The third kappa shape index (κ3) is 2.22. The van der Waals surface area contributed by atoms with Crippen LogP contribution in [0.25, 0.3) is 22.3 Å². The number of anilines is 1. The van der Waals surface area contributed by atoms with Gasteiger partial charge in [0, 0.05) is 30.7 Å². The summed E-state index contributed by atoms with van der Waals surface area (Å²) < 4.78 is 5.92. The van der Waals surface area contributed by atoms with Crippen LogP contribution in [0.4, 0.5) is 5.69 Å². The van der Waals surface area contributed by atoms with Gasteiger partial charge >= 0.3 is 0 Å². The fraction of sp³-hybridized carbons (Fsp3) is 0.176. The Kier molecular flexibility index (Phi) is 2.79. The van der Waals surface area contributed by atoms with E-state index in [4.69, 9.17) is 4.42 Å². The predicted octanol–water partition coefficient (Wildman–Crippen LogP) is 4.47. The Morgan fingerprint density at radius 2 is 1.63 bits per heavy atom. The molecule has 2 aromatic carbocycles. The van der Waals surface area contributed by atoms with Crippen LogP contribution in [0.1, 0.15) is 5.56 Å². The predicted molar refractivity (Wildman–Crippen MR) is 80.7 cm³/mol. The molecule has 0 saturated carbocycles. The van der Waals surface area contributed by atoms with Gasteiger partial charge in [-0.1, -0.05) is 12.1 Å². The van der Waals surface area contributed by atoms with Crippen LogP contribution >= 0.6 is 0 Å². The van der Waals surface area contributed by atoms with Gasteiger partial charge in [-0.05, 0) is 48.9 Å². The van der Waals surface area contributed by atoms with Crippen molar-refractivity contribution in [1.82, 2.24) is 0 Å². The summed E-state index contributed by atoms with van der Waals surface area (Å²) in [5.74, 6) is 0.922. The van der Waals surface area contributed by atoms with E-state index in [-0.39, 0.29) is 0 Å². The SMILES string of the molecule is Cc1ccc2cc(-c3ccc(N(C)C)cc3)oc2c1. The van der Waals surface area contributed by atoms with Crippen LogP contribution in [-0.4, -0.2) is 14.1 Å². The number of hydrogen-bond donors (Lipinski definition) is 0. The Labute approximate surface area is 113 Å². The summed E-state index contributed by atoms with van der Waals surface area (Å²) in [6.45, 7) is 2.08. The molecule has 0 aliphatic rings. The molecule has 0 radical (unpaired) electrons. The molecule has 0 aliphatic carbocycles. The standard InChI is InChI=1S/C17H17NO/c1-12-4-5-14-11-17(19-16(14)10-12)13-6-8-15(9-7-13)18(2)3/h4-11H,1-3H3. The summed E-state index contributed by atoms with van der Waals surface area (Å²) in [4.78, 5) is 2.09. The number of aryl methyl sites for hydroxylation is 1. The lowest BCUT2D eigenvalue weighted by atomic mass is 10.1. The maximum absolute atomic E-state index is 5.92. The maximum atomic E-state index is 5.92. The molecule has 0 unspecified atom stereocenters. The molecule has 1 aromatic heterocycles. The van der Waals surface area contributed by atoms with Gasteiger partial charge in [-0.25, -0.2) is 0 Å². The first-order chi connectivity index (χ1) is 9.13. The molecule has 0 bridgehead atoms. The van der Waals surface area contributed by atoms with Gasteiger partial charge in [0.15, 0.2) is 0 Å². The van der Waals surface area contributed by atoms with Crippen LogP contribution in [0.3, 0.4) is 0 Å². The van der Waals surface area contributed by atoms with E-state index in [0.29, 0.717) is 0 Å². The lowest BCUT2D eigenvalue weighted by Gasteiger charge is -2.11. The Balaban J connectivity index is 2.03. The van der Waals surface area contributed by atoms with Gasteiger partial charge in [-0.15, -0.1) is 0 Å². The first-order valence-corrected chi connectivity index (χ1v) is 6.41. The van der Waals surface area contributed by atoms with Crippen LogP contribution in [0, 0.1) is 6.92 Å². The molecule has 3 aromatic rings. The molecule has 0 aliphatic heterocycles. The minimum Gasteiger partial charge on any atom is -0.456 e. The van der Waals surface area contributed by atoms with Gasteiger partial charge in [0.1, 0.15) is 11.3 Å². The maximum Gasteiger partial charge on any atom is 0.135 e. The molecule has 2 nitrogen and oxygen atoms in total. The van der Waals surface area contributed by atoms with Crippen LogP contribution in [-0.2, 0) is 0 Å². The normalized spacial score (nSPS) is 10.9. The van der Waals surface area contributed by atoms with Crippen molar-refractivity contribution < 1.29 is 4.42 Å². The average molecular weight is 251 g/mol. The first-order valence-electron chi connectivity index (χ1n) is 6.41. The van der Waals surface area contributed by atoms with E-state index in [1.807, 2.05) is 14.1 Å². The van der Waals surface area contributed by atoms with Gasteiger partial charge < -0.3 is 9.32 Å². The summed E-state index contributed by atoms with van der Waals surface area (Å²) in [5.41, 5.74) is 4.47. The molecule has 1 heterocycles. The Morgan fingerprint density at radius 1 is 0.895 bits per heavy atom. The second kappa shape index (κ2) is 4.47. The van der Waals surface area contributed by atoms with Gasteiger partial charge in [-0.2, -0.15) is 0 Å². The van der Waals surface area contributed by atoms with E-state index < -0.39 is 0 Å². The lowest BCUT2D eigenvalue weighted by molar-refractivity contribution is 0.631. The van der Waals surface area contributed by atoms with Crippen molar-refractivity contribution in [3.63, 3.8) is 0 Å². The fourth-order valence-corrected chi connectivity index (χ4v) is 2.20. The molecule has 19 heavy (non-hydrogen) atoms. The van der Waals surface area contributed by atoms with Gasteiger partial charge in [0.2, 0.25) is 0 Å². The highest BCUT2D eigenvalue weighted by molar-refractivity contribution is 5.83. The Bertz CT molecular complexity index is 708. The molecule has 0 N–H and O–H groups in total. The topological polar surface area (TPSA) is 16.4 Å². The van der Waals surface area contributed by atoms with Crippen molar-refractivity contribution in [3.05, 3.63) is 54.1 Å². The van der Waals surface area contributed by atoms with E-state index in [2.05, 4.69) is 60.4 Å². The Morgan fingerprint density at radius 3 is 2.32 bits per heavy atom. The van der Waals surface area contributed by atoms with Crippen LogP contribution in [0.15, 0.2) is 52.9 Å². The second-order valence-corrected chi connectivity index (χ2v) is 5.09. The summed E-state index contributed by atoms with van der Waals surface area (Å²) in [7, 11) is 4.08. The number of rotatable bonds is 2. The number of furan rings is 1. The number of benzene rings is 2. The molecule has 0 saturated heterocycles. The summed E-state index contributed by atoms with van der Waals surface area (Å²) in [6.07, 6.45) is 0. The monoisotopic (exact) mass is 251 g/mol. The van der Waals surface area contributed by atoms with Crippen LogP contribution in [0.5, 0.6) is 0 Å². The molecule has 0 amide bonds. The quantitative estimate of drug-likeness (QED) is 0.668. The van der Waals surface area contributed by atoms with Crippen molar-refractivity contribution in [3.8, 4) is 11.3 Å². The molecular weight excluding hydrogens is 234 g/mol. The molecule has 96 valence electrons. The Hall–Kier alpha value is -2.22. The number of fused-ring (bicyclic) bond motifs is 1. The molecular formula is C17H17NO. The zero-order valence-electron chi connectivity index (χ0n) is 11.5. The average Bonchev–Trinajstić information content (AvgIpc) is 2.81. The molecule has 0 fully saturated rings. The van der Waals surface area contributed by atoms with Gasteiger partial charge in [0.25, 0.3) is 0 Å². The van der Waals surface area contributed by atoms with Crippen molar-refractivity contribution >= 4 is 16.7 Å². The third-order valence-electron chi connectivity index (χ3n) is 3.34. The highest BCUT2D eigenvalue weighted by atomic mass is 16.3. The van der Waals surface area contributed by atoms with E-state index in [9.17, 15) is 0 Å². The van der Waals surface area contributed by atoms with Gasteiger partial charge in [-0.3, -0.25) is 0 Å². The van der Waals surface area contributed by atoms with Crippen molar-refractivity contribution in [2.75, 3.05) is 19.0 Å². The highest BCUT2D eigenvalue weighted by Crippen LogP contribution is 2.29. The van der Waals surface area contributed by atoms with E-state index >= 15 is 0 Å². The number of nitrogens with zero attached hydrogens (tertiary/aromatic N) is 1. The van der Waals surface area contributed by atoms with Crippen LogP contribution in [0.2, 0.25) is 0 Å². The zero-order chi connectivity index (χ0) is 13.4. The van der Waals surface area contributed by atoms with E-state index in [1.54, 1.807) is 0 Å². The summed E-state index contributed by atoms with van der Waals surface area (Å²) in [6, 6.07) is 16.8. The minimum atomic E-state index is 0.922. The largest absolute Gasteiger partial charge is 0.456 e. The third-order valence-corrected chi connectivity index (χ3v) is 3.34. The van der Waals surface area contributed by atoms with E-state index in [1.165, 1.54) is 11.3 Å². The van der Waals surface area contributed by atoms with Gasteiger partial charge in [0.05, 0.1) is 0 Å². The van der Waals surface area contributed by atoms with E-state index in [0.717, 1.165) is 22.3 Å². The smallest absolute Gasteiger partial charge is 0.135 e. The highest BCUT2D eigenvalue weighted by Gasteiger charge is 2.06.